The van der Waals surface area contributed by atoms with Gasteiger partial charge >= 0.3 is 0 Å². The Morgan fingerprint density at radius 2 is 2.00 bits per heavy atom. The molecule has 2 aromatic heterocycles. The molecule has 0 fully saturated rings. The summed E-state index contributed by atoms with van der Waals surface area (Å²) in [6.07, 6.45) is 1.78. The summed E-state index contributed by atoms with van der Waals surface area (Å²) < 4.78 is 7.83. The molecule has 0 N–H and O–H groups in total. The number of hydrogen-bond donors (Lipinski definition) is 0. The Hall–Kier alpha value is -2.37. The molecule has 0 unspecified atom stereocenters. The second kappa shape index (κ2) is 5.86. The highest BCUT2D eigenvalue weighted by Gasteiger charge is 2.15. The van der Waals surface area contributed by atoms with Gasteiger partial charge in [0.25, 0.3) is 5.56 Å². The van der Waals surface area contributed by atoms with Gasteiger partial charge < -0.3 is 9.30 Å². The van der Waals surface area contributed by atoms with Crippen LogP contribution in [0.15, 0.2) is 41.3 Å². The minimum absolute atomic E-state index is 0.0109. The normalized spacial score (nSPS) is 11.4. The van der Waals surface area contributed by atoms with E-state index in [9.17, 15) is 4.79 Å². The van der Waals surface area contributed by atoms with Crippen molar-refractivity contribution in [1.82, 2.24) is 9.55 Å². The number of thiazole rings is 1. The number of hydrogen-bond acceptors (Lipinski definition) is 4. The Kier molecular flexibility index (Phi) is 3.78. The van der Waals surface area contributed by atoms with E-state index < -0.39 is 0 Å². The van der Waals surface area contributed by atoms with Crippen molar-refractivity contribution in [3.05, 3.63) is 57.5 Å². The average molecular weight is 371 g/mol. The molecule has 0 amide bonds. The van der Waals surface area contributed by atoms with Gasteiger partial charge in [0.05, 0.1) is 16.8 Å². The predicted octanol–water partition coefficient (Wildman–Crippen LogP) is 4.79. The number of halogens is 1. The lowest BCUT2D eigenvalue weighted by Gasteiger charge is -2.07. The molecule has 2 aromatic carbocycles. The highest BCUT2D eigenvalue weighted by molar-refractivity contribution is 7.21. The van der Waals surface area contributed by atoms with Crippen molar-refractivity contribution >= 4 is 43.9 Å². The fourth-order valence-corrected chi connectivity index (χ4v) is 4.33. The molecule has 4 nitrogen and oxygen atoms in total. The second-order valence-corrected chi connectivity index (χ2v) is 7.42. The molecule has 0 spiro atoms. The zero-order valence-electron chi connectivity index (χ0n) is 14.0. The summed E-state index contributed by atoms with van der Waals surface area (Å²) in [6, 6.07) is 9.63. The number of methoxy groups -OCH3 is 1. The third-order valence-corrected chi connectivity index (χ3v) is 5.55. The average Bonchev–Trinajstić information content (AvgIpc) is 3.02. The quantitative estimate of drug-likeness (QED) is 0.509. The molecular weight excluding hydrogens is 356 g/mol. The van der Waals surface area contributed by atoms with Crippen molar-refractivity contribution in [2.45, 2.75) is 6.92 Å². The van der Waals surface area contributed by atoms with Crippen LogP contribution in [0.4, 0.5) is 0 Å². The molecular formula is C19H15ClN2O2S. The smallest absolute Gasteiger partial charge is 0.258 e. The van der Waals surface area contributed by atoms with Crippen molar-refractivity contribution in [1.29, 1.82) is 0 Å². The largest absolute Gasteiger partial charge is 0.497 e. The number of rotatable bonds is 2. The van der Waals surface area contributed by atoms with Gasteiger partial charge in [0.2, 0.25) is 0 Å². The summed E-state index contributed by atoms with van der Waals surface area (Å²) in [5.74, 6) is 0.704. The molecule has 0 aliphatic carbocycles. The Morgan fingerprint density at radius 3 is 2.76 bits per heavy atom. The van der Waals surface area contributed by atoms with Gasteiger partial charge in [-0.15, -0.1) is 11.3 Å². The van der Waals surface area contributed by atoms with Crippen LogP contribution in [0.25, 0.3) is 31.6 Å². The van der Waals surface area contributed by atoms with Crippen molar-refractivity contribution in [2.24, 2.45) is 7.05 Å². The molecule has 25 heavy (non-hydrogen) atoms. The minimum Gasteiger partial charge on any atom is -0.497 e. The second-order valence-electron chi connectivity index (χ2n) is 5.98. The highest BCUT2D eigenvalue weighted by atomic mass is 35.5. The molecule has 4 aromatic rings. The molecule has 0 aliphatic heterocycles. The maximum absolute atomic E-state index is 12.5. The summed E-state index contributed by atoms with van der Waals surface area (Å²) in [5, 5.41) is 3.00. The summed E-state index contributed by atoms with van der Waals surface area (Å²) in [4.78, 5) is 17.2. The molecule has 0 saturated heterocycles. The molecule has 0 saturated carbocycles. The minimum atomic E-state index is -0.0109. The number of fused-ring (bicyclic) bond motifs is 2. The highest BCUT2D eigenvalue weighted by Crippen LogP contribution is 2.38. The van der Waals surface area contributed by atoms with Gasteiger partial charge in [-0.05, 0) is 42.1 Å². The van der Waals surface area contributed by atoms with Crippen LogP contribution >= 0.6 is 22.9 Å². The van der Waals surface area contributed by atoms with Gasteiger partial charge in [-0.3, -0.25) is 4.79 Å². The van der Waals surface area contributed by atoms with Gasteiger partial charge in [0, 0.05) is 30.3 Å². The zero-order chi connectivity index (χ0) is 17.7. The Morgan fingerprint density at radius 1 is 1.20 bits per heavy atom. The van der Waals surface area contributed by atoms with Crippen LogP contribution in [0.3, 0.4) is 0 Å². The Balaban J connectivity index is 2.05. The Labute approximate surface area is 153 Å². The van der Waals surface area contributed by atoms with Crippen molar-refractivity contribution in [3.63, 3.8) is 0 Å². The lowest BCUT2D eigenvalue weighted by atomic mass is 10.0. The van der Waals surface area contributed by atoms with Gasteiger partial charge in [0.1, 0.15) is 16.3 Å². The standard InChI is InChI=1S/C19H15ClN2O2S/c1-10-6-13(12-4-5-22(2)19(23)14(12)7-10)18-21-17-15(20)8-11(24-3)9-16(17)25-18/h4-9H,1-3H3. The van der Waals surface area contributed by atoms with Crippen LogP contribution in [-0.4, -0.2) is 16.7 Å². The van der Waals surface area contributed by atoms with Crippen LogP contribution in [0.1, 0.15) is 5.56 Å². The van der Waals surface area contributed by atoms with Crippen LogP contribution in [0, 0.1) is 6.92 Å². The maximum Gasteiger partial charge on any atom is 0.258 e. The number of benzene rings is 2. The number of pyridine rings is 1. The summed E-state index contributed by atoms with van der Waals surface area (Å²) in [6.45, 7) is 1.98. The maximum atomic E-state index is 12.5. The van der Waals surface area contributed by atoms with E-state index in [4.69, 9.17) is 21.3 Å². The lowest BCUT2D eigenvalue weighted by molar-refractivity contribution is 0.415. The van der Waals surface area contributed by atoms with E-state index in [-0.39, 0.29) is 5.56 Å². The van der Waals surface area contributed by atoms with E-state index in [1.54, 1.807) is 42.3 Å². The SMILES string of the molecule is COc1cc(Cl)c2nc(-c3cc(C)cc4c(=O)n(C)ccc34)sc2c1. The monoisotopic (exact) mass is 370 g/mol. The first-order valence-corrected chi connectivity index (χ1v) is 8.92. The third-order valence-electron chi connectivity index (χ3n) is 4.23. The molecule has 4 rings (SSSR count). The van der Waals surface area contributed by atoms with E-state index in [1.165, 1.54) is 0 Å². The first kappa shape index (κ1) is 16.1. The molecule has 0 bridgehead atoms. The zero-order valence-corrected chi connectivity index (χ0v) is 15.5. The van der Waals surface area contributed by atoms with E-state index >= 15 is 0 Å². The van der Waals surface area contributed by atoms with E-state index in [0.29, 0.717) is 16.2 Å². The number of aryl methyl sites for hydroxylation is 2. The van der Waals surface area contributed by atoms with Crippen LogP contribution in [0.2, 0.25) is 5.02 Å². The fraction of sp³-hybridized carbons (Fsp3) is 0.158. The molecule has 2 heterocycles. The molecule has 0 atom stereocenters. The number of ether oxygens (including phenoxy) is 1. The van der Waals surface area contributed by atoms with Gasteiger partial charge in [0.15, 0.2) is 0 Å². The van der Waals surface area contributed by atoms with Crippen molar-refractivity contribution in [2.75, 3.05) is 7.11 Å². The third kappa shape index (κ3) is 2.60. The van der Waals surface area contributed by atoms with Crippen LogP contribution in [0.5, 0.6) is 5.75 Å². The van der Waals surface area contributed by atoms with E-state index in [2.05, 4.69) is 6.07 Å². The van der Waals surface area contributed by atoms with Gasteiger partial charge in [-0.2, -0.15) is 0 Å². The first-order valence-electron chi connectivity index (χ1n) is 7.72. The molecule has 126 valence electrons. The molecule has 0 aliphatic rings. The van der Waals surface area contributed by atoms with Crippen LogP contribution in [-0.2, 0) is 7.05 Å². The van der Waals surface area contributed by atoms with Gasteiger partial charge in [-0.25, -0.2) is 4.98 Å². The number of aromatic nitrogens is 2. The summed E-state index contributed by atoms with van der Waals surface area (Å²) >= 11 is 7.89. The summed E-state index contributed by atoms with van der Waals surface area (Å²) in [5.41, 5.74) is 2.71. The number of nitrogens with zero attached hydrogens (tertiary/aromatic N) is 2. The first-order chi connectivity index (χ1) is 12.0. The molecule has 0 radical (unpaired) electrons. The van der Waals surface area contributed by atoms with E-state index in [1.807, 2.05) is 25.1 Å². The van der Waals surface area contributed by atoms with E-state index in [0.717, 1.165) is 31.7 Å². The predicted molar refractivity (Wildman–Crippen MR) is 104 cm³/mol. The van der Waals surface area contributed by atoms with Crippen LogP contribution < -0.4 is 10.3 Å². The molecule has 6 heteroatoms. The van der Waals surface area contributed by atoms with Crippen molar-refractivity contribution in [3.8, 4) is 16.3 Å². The topological polar surface area (TPSA) is 44.1 Å². The van der Waals surface area contributed by atoms with Crippen molar-refractivity contribution < 1.29 is 4.74 Å². The lowest BCUT2D eigenvalue weighted by Crippen LogP contribution is -2.15. The van der Waals surface area contributed by atoms with Gasteiger partial charge in [-0.1, -0.05) is 11.6 Å². The summed E-state index contributed by atoms with van der Waals surface area (Å²) in [7, 11) is 3.37. The fourth-order valence-electron chi connectivity index (χ4n) is 2.97. The Bertz CT molecular complexity index is 1190.